The Morgan fingerprint density at radius 2 is 2.21 bits per heavy atom. The highest BCUT2D eigenvalue weighted by Gasteiger charge is 2.18. The van der Waals surface area contributed by atoms with Gasteiger partial charge in [0.1, 0.15) is 18.2 Å². The van der Waals surface area contributed by atoms with E-state index in [1.54, 1.807) is 6.07 Å². The van der Waals surface area contributed by atoms with Crippen LogP contribution in [0.5, 0.6) is 0 Å². The number of aryl methyl sites for hydroxylation is 1. The molecule has 0 saturated heterocycles. The van der Waals surface area contributed by atoms with E-state index in [2.05, 4.69) is 14.8 Å². The summed E-state index contributed by atoms with van der Waals surface area (Å²) in [4.78, 5) is 3.48. The maximum atomic E-state index is 13.1. The van der Waals surface area contributed by atoms with Crippen molar-refractivity contribution in [1.82, 2.24) is 14.8 Å². The van der Waals surface area contributed by atoms with Crippen molar-refractivity contribution in [3.63, 3.8) is 0 Å². The van der Waals surface area contributed by atoms with Crippen LogP contribution < -0.4 is 4.72 Å². The fourth-order valence-electron chi connectivity index (χ4n) is 1.32. The van der Waals surface area contributed by atoms with E-state index in [1.165, 1.54) is 18.1 Å². The van der Waals surface area contributed by atoms with Crippen LogP contribution in [0.2, 0.25) is 0 Å². The number of benzene rings is 1. The summed E-state index contributed by atoms with van der Waals surface area (Å²) in [5.41, 5.74) is -0.346. The van der Waals surface area contributed by atoms with Crippen LogP contribution in [-0.2, 0) is 17.1 Å². The molecule has 1 N–H and O–H groups in total. The van der Waals surface area contributed by atoms with Crippen LogP contribution in [0.25, 0.3) is 0 Å². The number of hydrogen-bond acceptors (Lipinski definition) is 5. The van der Waals surface area contributed by atoms with Gasteiger partial charge >= 0.3 is 0 Å². The molecule has 19 heavy (non-hydrogen) atoms. The Kier molecular flexibility index (Phi) is 3.18. The van der Waals surface area contributed by atoms with Gasteiger partial charge in [-0.3, -0.25) is 0 Å². The molecule has 0 aliphatic heterocycles. The molecule has 98 valence electrons. The summed E-state index contributed by atoms with van der Waals surface area (Å²) in [6.07, 6.45) is 1.18. The molecule has 0 atom stereocenters. The molecule has 2 aromatic rings. The van der Waals surface area contributed by atoms with Crippen LogP contribution in [0.15, 0.2) is 29.4 Å². The van der Waals surface area contributed by atoms with Crippen LogP contribution in [0.4, 0.5) is 10.3 Å². The quantitative estimate of drug-likeness (QED) is 0.889. The van der Waals surface area contributed by atoms with Gasteiger partial charge < -0.3 is 0 Å². The van der Waals surface area contributed by atoms with Crippen molar-refractivity contribution in [1.29, 1.82) is 5.26 Å². The van der Waals surface area contributed by atoms with E-state index in [0.717, 1.165) is 18.2 Å². The lowest BCUT2D eigenvalue weighted by atomic mass is 10.2. The van der Waals surface area contributed by atoms with E-state index >= 15 is 0 Å². The van der Waals surface area contributed by atoms with Gasteiger partial charge in [0.15, 0.2) is 0 Å². The second kappa shape index (κ2) is 4.66. The molecule has 0 fully saturated rings. The first-order valence-electron chi connectivity index (χ1n) is 5.00. The van der Waals surface area contributed by atoms with Crippen molar-refractivity contribution in [3.8, 4) is 6.07 Å². The summed E-state index contributed by atoms with van der Waals surface area (Å²) < 4.78 is 40.6. The van der Waals surface area contributed by atoms with Crippen molar-refractivity contribution in [3.05, 3.63) is 35.9 Å². The lowest BCUT2D eigenvalue weighted by Gasteiger charge is -2.07. The third-order valence-corrected chi connectivity index (χ3v) is 3.63. The number of nitrogens with one attached hydrogen (secondary N) is 1. The number of hydrogen-bond donors (Lipinski definition) is 1. The highest BCUT2D eigenvalue weighted by Crippen LogP contribution is 2.17. The zero-order chi connectivity index (χ0) is 14.0. The molecule has 0 aliphatic carbocycles. The van der Waals surface area contributed by atoms with Crippen LogP contribution in [0, 0.1) is 17.1 Å². The van der Waals surface area contributed by atoms with Crippen LogP contribution in [0.1, 0.15) is 5.56 Å². The Bertz CT molecular complexity index is 762. The molecular weight excluding hydrogens is 273 g/mol. The Hall–Kier alpha value is -2.47. The molecule has 0 amide bonds. The number of anilines is 1. The van der Waals surface area contributed by atoms with Crippen molar-refractivity contribution < 1.29 is 12.8 Å². The minimum Gasteiger partial charge on any atom is -0.247 e. The number of halogens is 1. The highest BCUT2D eigenvalue weighted by atomic mass is 32.2. The average molecular weight is 281 g/mol. The first-order valence-corrected chi connectivity index (χ1v) is 6.49. The summed E-state index contributed by atoms with van der Waals surface area (Å²) in [6, 6.07) is 4.51. The third kappa shape index (κ3) is 2.53. The van der Waals surface area contributed by atoms with E-state index in [4.69, 9.17) is 5.26 Å². The van der Waals surface area contributed by atoms with Gasteiger partial charge in [-0.25, -0.2) is 22.2 Å². The maximum absolute atomic E-state index is 13.1. The smallest absolute Gasteiger partial charge is 0.247 e. The van der Waals surface area contributed by atoms with Crippen LogP contribution >= 0.6 is 0 Å². The summed E-state index contributed by atoms with van der Waals surface area (Å²) in [5.74, 6) is -0.761. The second-order valence-electron chi connectivity index (χ2n) is 3.57. The van der Waals surface area contributed by atoms with Crippen molar-refractivity contribution in [2.45, 2.75) is 4.90 Å². The molecule has 1 aromatic heterocycles. The topological polar surface area (TPSA) is 101 Å². The van der Waals surface area contributed by atoms with Crippen LogP contribution in [-0.4, -0.2) is 23.2 Å². The van der Waals surface area contributed by atoms with Gasteiger partial charge in [-0.1, -0.05) is 0 Å². The second-order valence-corrected chi connectivity index (χ2v) is 5.25. The van der Waals surface area contributed by atoms with Gasteiger partial charge in [0.05, 0.1) is 10.5 Å². The molecule has 0 saturated carbocycles. The minimum atomic E-state index is -3.95. The molecule has 0 spiro atoms. The van der Waals surface area contributed by atoms with E-state index < -0.39 is 15.8 Å². The zero-order valence-corrected chi connectivity index (χ0v) is 10.5. The molecule has 0 unspecified atom stereocenters. The Morgan fingerprint density at radius 3 is 2.79 bits per heavy atom. The lowest BCUT2D eigenvalue weighted by Crippen LogP contribution is -2.16. The molecule has 0 bridgehead atoms. The first-order chi connectivity index (χ1) is 8.94. The zero-order valence-electron chi connectivity index (χ0n) is 9.70. The van der Waals surface area contributed by atoms with E-state index in [0.29, 0.717) is 0 Å². The van der Waals surface area contributed by atoms with Gasteiger partial charge in [0.2, 0.25) is 5.95 Å². The van der Waals surface area contributed by atoms with Crippen LogP contribution in [0.3, 0.4) is 0 Å². The van der Waals surface area contributed by atoms with Crippen molar-refractivity contribution in [2.24, 2.45) is 7.05 Å². The fourth-order valence-corrected chi connectivity index (χ4v) is 2.39. The molecule has 0 radical (unpaired) electrons. The minimum absolute atomic E-state index is 0.0165. The number of sulfonamides is 1. The molecule has 0 aliphatic rings. The molecule has 2 rings (SSSR count). The standard InChI is InChI=1S/C10H8FN5O2S/c1-16-10(13-6-14-16)15-19(17,18)8-2-3-9(11)7(4-8)5-12/h2-4,6H,1H3,(H,13,14,15). The molecule has 1 heterocycles. The fraction of sp³-hybridized carbons (Fsp3) is 0.100. The molecule has 9 heteroatoms. The van der Waals surface area contributed by atoms with Gasteiger partial charge in [0.25, 0.3) is 10.0 Å². The monoisotopic (exact) mass is 281 g/mol. The highest BCUT2D eigenvalue weighted by molar-refractivity contribution is 7.92. The van der Waals surface area contributed by atoms with Gasteiger partial charge in [0, 0.05) is 7.05 Å². The van der Waals surface area contributed by atoms with Gasteiger partial charge in [-0.05, 0) is 18.2 Å². The van der Waals surface area contributed by atoms with E-state index in [1.807, 2.05) is 0 Å². The van der Waals surface area contributed by atoms with Crippen molar-refractivity contribution >= 4 is 16.0 Å². The molecule has 7 nitrogen and oxygen atoms in total. The molecule has 1 aromatic carbocycles. The van der Waals surface area contributed by atoms with E-state index in [-0.39, 0.29) is 16.4 Å². The Balaban J connectivity index is 2.41. The predicted octanol–water partition coefficient (Wildman–Crippen LogP) is 0.627. The maximum Gasteiger partial charge on any atom is 0.264 e. The molecular formula is C10H8FN5O2S. The SMILES string of the molecule is Cn1ncnc1NS(=O)(=O)c1ccc(F)c(C#N)c1. The largest absolute Gasteiger partial charge is 0.264 e. The predicted molar refractivity (Wildman–Crippen MR) is 62.9 cm³/mol. The summed E-state index contributed by atoms with van der Waals surface area (Å²) in [7, 11) is -2.44. The first kappa shape index (κ1) is 13.0. The Morgan fingerprint density at radius 1 is 1.47 bits per heavy atom. The van der Waals surface area contributed by atoms with Crippen molar-refractivity contribution in [2.75, 3.05) is 4.72 Å². The summed E-state index contributed by atoms with van der Waals surface area (Å²) >= 11 is 0. The lowest BCUT2D eigenvalue weighted by molar-refractivity contribution is 0.598. The van der Waals surface area contributed by atoms with Gasteiger partial charge in [-0.2, -0.15) is 15.3 Å². The average Bonchev–Trinajstić information content (AvgIpc) is 2.74. The number of nitriles is 1. The number of nitrogens with zero attached hydrogens (tertiary/aromatic N) is 4. The van der Waals surface area contributed by atoms with Gasteiger partial charge in [-0.15, -0.1) is 0 Å². The number of aromatic nitrogens is 3. The number of rotatable bonds is 3. The summed E-state index contributed by atoms with van der Waals surface area (Å²) in [6.45, 7) is 0. The Labute approximate surface area is 108 Å². The summed E-state index contributed by atoms with van der Waals surface area (Å²) in [5, 5.41) is 12.4. The van der Waals surface area contributed by atoms with E-state index in [9.17, 15) is 12.8 Å². The normalized spacial score (nSPS) is 11.0. The third-order valence-electron chi connectivity index (χ3n) is 2.31.